The molecule has 1 N–H and O–H groups in total. The molecule has 2 aromatic rings. The third-order valence-electron chi connectivity index (χ3n) is 4.93. The molecule has 0 saturated carbocycles. The van der Waals surface area contributed by atoms with E-state index < -0.39 is 6.10 Å². The van der Waals surface area contributed by atoms with Gasteiger partial charge in [0.25, 0.3) is 5.91 Å². The molecule has 1 aliphatic rings. The van der Waals surface area contributed by atoms with Crippen molar-refractivity contribution in [3.63, 3.8) is 0 Å². The van der Waals surface area contributed by atoms with E-state index in [1.807, 2.05) is 30.3 Å². The quantitative estimate of drug-likeness (QED) is 0.815. The van der Waals surface area contributed by atoms with Gasteiger partial charge in [0.05, 0.1) is 7.11 Å². The van der Waals surface area contributed by atoms with E-state index in [1.54, 1.807) is 14.0 Å². The van der Waals surface area contributed by atoms with Crippen molar-refractivity contribution in [1.82, 2.24) is 10.2 Å². The second-order valence-electron chi connectivity index (χ2n) is 6.96. The molecule has 0 aliphatic carbocycles. The van der Waals surface area contributed by atoms with Gasteiger partial charge in [-0.3, -0.25) is 9.69 Å². The van der Waals surface area contributed by atoms with E-state index in [4.69, 9.17) is 9.47 Å². The monoisotopic (exact) mass is 368 g/mol. The van der Waals surface area contributed by atoms with Gasteiger partial charge in [0.1, 0.15) is 0 Å². The van der Waals surface area contributed by atoms with Crippen LogP contribution in [0.1, 0.15) is 25.3 Å². The van der Waals surface area contributed by atoms with E-state index in [1.165, 1.54) is 5.56 Å². The zero-order chi connectivity index (χ0) is 19.1. The summed E-state index contributed by atoms with van der Waals surface area (Å²) in [6.45, 7) is 4.71. The summed E-state index contributed by atoms with van der Waals surface area (Å²) in [5.41, 5.74) is 1.33. The summed E-state index contributed by atoms with van der Waals surface area (Å²) in [7, 11) is 1.59. The second-order valence-corrected chi connectivity index (χ2v) is 6.96. The van der Waals surface area contributed by atoms with Gasteiger partial charge >= 0.3 is 0 Å². The first-order valence-electron chi connectivity index (χ1n) is 9.52. The van der Waals surface area contributed by atoms with Gasteiger partial charge in [-0.1, -0.05) is 42.5 Å². The molecular formula is C22H28N2O3. The van der Waals surface area contributed by atoms with Crippen LogP contribution in [0.25, 0.3) is 0 Å². The van der Waals surface area contributed by atoms with Gasteiger partial charge in [-0.2, -0.15) is 0 Å². The first-order valence-corrected chi connectivity index (χ1v) is 9.52. The van der Waals surface area contributed by atoms with Crippen molar-refractivity contribution in [3.05, 3.63) is 60.2 Å². The highest BCUT2D eigenvalue weighted by Crippen LogP contribution is 2.26. The number of benzene rings is 2. The molecule has 1 heterocycles. The minimum Gasteiger partial charge on any atom is -0.493 e. The minimum atomic E-state index is -0.566. The van der Waals surface area contributed by atoms with Crippen molar-refractivity contribution >= 4 is 5.91 Å². The number of methoxy groups -OCH3 is 1. The molecule has 0 bridgehead atoms. The van der Waals surface area contributed by atoms with Crippen LogP contribution in [0.15, 0.2) is 54.6 Å². The van der Waals surface area contributed by atoms with Crippen LogP contribution in [0, 0.1) is 0 Å². The number of carbonyl (C=O) groups is 1. The number of amides is 1. The Morgan fingerprint density at radius 3 is 2.37 bits per heavy atom. The van der Waals surface area contributed by atoms with Gasteiger partial charge in [0, 0.05) is 25.7 Å². The molecule has 1 amide bonds. The predicted molar refractivity (Wildman–Crippen MR) is 106 cm³/mol. The third kappa shape index (κ3) is 5.47. The maximum atomic E-state index is 12.5. The lowest BCUT2D eigenvalue weighted by atomic mass is 10.0. The molecule has 0 unspecified atom stereocenters. The molecule has 5 nitrogen and oxygen atoms in total. The molecule has 2 aromatic carbocycles. The minimum absolute atomic E-state index is 0.0811. The number of hydrogen-bond donors (Lipinski definition) is 1. The Kier molecular flexibility index (Phi) is 6.71. The SMILES string of the molecule is COc1ccccc1O[C@@H](C)C(=O)NC1CCN(Cc2ccccc2)CC1. The molecule has 0 radical (unpaired) electrons. The molecule has 1 fully saturated rings. The fourth-order valence-corrected chi connectivity index (χ4v) is 3.36. The van der Waals surface area contributed by atoms with E-state index in [9.17, 15) is 4.79 Å². The number of para-hydroxylation sites is 2. The molecular weight excluding hydrogens is 340 g/mol. The van der Waals surface area contributed by atoms with E-state index in [-0.39, 0.29) is 11.9 Å². The van der Waals surface area contributed by atoms with Crippen molar-refractivity contribution in [1.29, 1.82) is 0 Å². The van der Waals surface area contributed by atoms with Crippen molar-refractivity contribution in [3.8, 4) is 11.5 Å². The first-order chi connectivity index (χ1) is 13.2. The summed E-state index contributed by atoms with van der Waals surface area (Å²) in [6, 6.07) is 18.1. The number of hydrogen-bond acceptors (Lipinski definition) is 4. The highest BCUT2D eigenvalue weighted by molar-refractivity contribution is 5.81. The highest BCUT2D eigenvalue weighted by Gasteiger charge is 2.24. The molecule has 27 heavy (non-hydrogen) atoms. The Morgan fingerprint density at radius 2 is 1.70 bits per heavy atom. The molecule has 1 saturated heterocycles. The van der Waals surface area contributed by atoms with Crippen molar-refractivity contribution in [2.24, 2.45) is 0 Å². The van der Waals surface area contributed by atoms with Crippen molar-refractivity contribution < 1.29 is 14.3 Å². The number of ether oxygens (including phenoxy) is 2. The maximum absolute atomic E-state index is 12.5. The molecule has 1 atom stereocenters. The fraction of sp³-hybridized carbons (Fsp3) is 0.409. The zero-order valence-corrected chi connectivity index (χ0v) is 16.1. The Balaban J connectivity index is 1.45. The summed E-state index contributed by atoms with van der Waals surface area (Å²) in [5, 5.41) is 3.13. The number of piperidine rings is 1. The third-order valence-corrected chi connectivity index (χ3v) is 4.93. The molecule has 0 spiro atoms. The van der Waals surface area contributed by atoms with Gasteiger partial charge in [0.15, 0.2) is 17.6 Å². The average Bonchev–Trinajstić information content (AvgIpc) is 2.70. The van der Waals surface area contributed by atoms with Gasteiger partial charge in [-0.05, 0) is 37.5 Å². The lowest BCUT2D eigenvalue weighted by Crippen LogP contribution is -2.47. The second kappa shape index (κ2) is 9.42. The molecule has 144 valence electrons. The van der Waals surface area contributed by atoms with E-state index in [2.05, 4.69) is 34.5 Å². The smallest absolute Gasteiger partial charge is 0.260 e. The molecule has 3 rings (SSSR count). The van der Waals surface area contributed by atoms with Crippen LogP contribution in [-0.4, -0.2) is 43.2 Å². The van der Waals surface area contributed by atoms with Gasteiger partial charge in [-0.15, -0.1) is 0 Å². The van der Waals surface area contributed by atoms with Crippen molar-refractivity contribution in [2.75, 3.05) is 20.2 Å². The molecule has 0 aromatic heterocycles. The summed E-state index contributed by atoms with van der Waals surface area (Å²) in [4.78, 5) is 14.9. The van der Waals surface area contributed by atoms with Crippen LogP contribution in [0.2, 0.25) is 0 Å². The molecule has 5 heteroatoms. The average molecular weight is 368 g/mol. The lowest BCUT2D eigenvalue weighted by molar-refractivity contribution is -0.128. The number of nitrogens with zero attached hydrogens (tertiary/aromatic N) is 1. The van der Waals surface area contributed by atoms with Gasteiger partial charge in [-0.25, -0.2) is 0 Å². The molecule has 1 aliphatic heterocycles. The topological polar surface area (TPSA) is 50.8 Å². The number of likely N-dealkylation sites (tertiary alicyclic amines) is 1. The fourth-order valence-electron chi connectivity index (χ4n) is 3.36. The Bertz CT molecular complexity index is 727. The van der Waals surface area contributed by atoms with Crippen LogP contribution < -0.4 is 14.8 Å². The van der Waals surface area contributed by atoms with Crippen molar-refractivity contribution in [2.45, 2.75) is 38.5 Å². The summed E-state index contributed by atoms with van der Waals surface area (Å²) in [5.74, 6) is 1.13. The Morgan fingerprint density at radius 1 is 1.07 bits per heavy atom. The number of rotatable bonds is 7. The summed E-state index contributed by atoms with van der Waals surface area (Å²) >= 11 is 0. The van der Waals surface area contributed by atoms with E-state index in [0.29, 0.717) is 11.5 Å². The van der Waals surface area contributed by atoms with E-state index >= 15 is 0 Å². The van der Waals surface area contributed by atoms with Crippen LogP contribution in [0.3, 0.4) is 0 Å². The number of carbonyl (C=O) groups excluding carboxylic acids is 1. The zero-order valence-electron chi connectivity index (χ0n) is 16.1. The predicted octanol–water partition coefficient (Wildman–Crippen LogP) is 3.24. The van der Waals surface area contributed by atoms with Crippen LogP contribution in [-0.2, 0) is 11.3 Å². The number of nitrogens with one attached hydrogen (secondary N) is 1. The van der Waals surface area contributed by atoms with Crippen LogP contribution in [0.5, 0.6) is 11.5 Å². The summed E-state index contributed by atoms with van der Waals surface area (Å²) in [6.07, 6.45) is 1.35. The van der Waals surface area contributed by atoms with Gasteiger partial charge in [0.2, 0.25) is 0 Å². The van der Waals surface area contributed by atoms with E-state index in [0.717, 1.165) is 32.5 Å². The first kappa shape index (κ1) is 19.2. The Labute approximate surface area is 161 Å². The maximum Gasteiger partial charge on any atom is 0.260 e. The largest absolute Gasteiger partial charge is 0.493 e. The van der Waals surface area contributed by atoms with Gasteiger partial charge < -0.3 is 14.8 Å². The standard InChI is InChI=1S/C22H28N2O3/c1-17(27-21-11-7-6-10-20(21)26-2)22(25)23-19-12-14-24(15-13-19)16-18-8-4-3-5-9-18/h3-11,17,19H,12-16H2,1-2H3,(H,23,25)/t17-/m0/s1. The van der Waals surface area contributed by atoms with Crippen LogP contribution >= 0.6 is 0 Å². The summed E-state index contributed by atoms with van der Waals surface area (Å²) < 4.78 is 11.1. The Hall–Kier alpha value is -2.53. The lowest BCUT2D eigenvalue weighted by Gasteiger charge is -2.32. The van der Waals surface area contributed by atoms with Crippen LogP contribution in [0.4, 0.5) is 0 Å². The normalized spacial score (nSPS) is 16.5. The highest BCUT2D eigenvalue weighted by atomic mass is 16.5.